The molecule has 0 aliphatic carbocycles. The Bertz CT molecular complexity index is 2630. The highest BCUT2D eigenvalue weighted by Crippen LogP contribution is 2.45. The van der Waals surface area contributed by atoms with E-state index in [1.54, 1.807) is 0 Å². The van der Waals surface area contributed by atoms with Gasteiger partial charge in [-0.1, -0.05) is 133 Å². The predicted octanol–water partition coefficient (Wildman–Crippen LogP) is 12.7. The Labute approximate surface area is 274 Å². The topological polar surface area (TPSA) is 12.9 Å². The average molecular weight is 598 g/mol. The van der Waals surface area contributed by atoms with E-state index in [4.69, 9.17) is 0 Å². The van der Waals surface area contributed by atoms with E-state index in [9.17, 15) is 0 Å². The van der Waals surface area contributed by atoms with Gasteiger partial charge in [0.1, 0.15) is 0 Å². The van der Waals surface area contributed by atoms with Gasteiger partial charge >= 0.3 is 0 Å². The van der Waals surface area contributed by atoms with Crippen molar-refractivity contribution in [3.8, 4) is 44.5 Å². The molecule has 0 atom stereocenters. The van der Waals surface area contributed by atoms with Gasteiger partial charge in [0, 0.05) is 12.4 Å². The van der Waals surface area contributed by atoms with Crippen molar-refractivity contribution in [3.05, 3.63) is 176 Å². The number of pyridine rings is 1. The quantitative estimate of drug-likeness (QED) is 0.184. The summed E-state index contributed by atoms with van der Waals surface area (Å²) in [5.41, 5.74) is 11.0. The van der Waals surface area contributed by atoms with Gasteiger partial charge in [0.15, 0.2) is 0 Å². The lowest BCUT2D eigenvalue weighted by molar-refractivity contribution is 1.27. The Balaban J connectivity index is 1.32. The Morgan fingerprint density at radius 1 is 0.362 bits per heavy atom. The molecule has 0 aliphatic heterocycles. The summed E-state index contributed by atoms with van der Waals surface area (Å²) in [6.45, 7) is 2.12. The molecule has 220 valence electrons. The molecule has 0 unspecified atom stereocenters. The lowest BCUT2D eigenvalue weighted by Gasteiger charge is -2.19. The number of nitrogens with zero attached hydrogens (tertiary/aromatic N) is 1. The molecule has 47 heavy (non-hydrogen) atoms. The number of hydrogen-bond acceptors (Lipinski definition) is 1. The first-order chi connectivity index (χ1) is 23.2. The van der Waals surface area contributed by atoms with Gasteiger partial charge < -0.3 is 0 Å². The van der Waals surface area contributed by atoms with Crippen LogP contribution in [-0.2, 0) is 0 Å². The molecule has 0 spiro atoms. The first-order valence-corrected chi connectivity index (χ1v) is 16.2. The van der Waals surface area contributed by atoms with Gasteiger partial charge in [0.25, 0.3) is 0 Å². The maximum atomic E-state index is 4.28. The number of aromatic nitrogens is 1. The zero-order valence-corrected chi connectivity index (χ0v) is 26.1. The number of benzene rings is 8. The minimum Gasteiger partial charge on any atom is -0.264 e. The second-order valence-corrected chi connectivity index (χ2v) is 12.4. The van der Waals surface area contributed by atoms with Gasteiger partial charge in [-0.05, 0) is 124 Å². The summed E-state index contributed by atoms with van der Waals surface area (Å²) >= 11 is 0. The van der Waals surface area contributed by atoms with E-state index in [1.807, 2.05) is 12.4 Å². The smallest absolute Gasteiger partial charge is 0.0303 e. The summed E-state index contributed by atoms with van der Waals surface area (Å²) in [5.74, 6) is 0. The monoisotopic (exact) mass is 597 g/mol. The van der Waals surface area contributed by atoms with E-state index in [0.717, 1.165) is 0 Å². The van der Waals surface area contributed by atoms with Crippen LogP contribution in [0, 0.1) is 6.92 Å². The molecule has 0 saturated heterocycles. The molecule has 0 bridgehead atoms. The Morgan fingerprint density at radius 2 is 0.851 bits per heavy atom. The molecule has 0 aliphatic rings. The van der Waals surface area contributed by atoms with Crippen molar-refractivity contribution in [3.63, 3.8) is 0 Å². The third-order valence-corrected chi connectivity index (χ3v) is 9.65. The van der Waals surface area contributed by atoms with Crippen molar-refractivity contribution in [2.75, 3.05) is 0 Å². The highest BCUT2D eigenvalue weighted by molar-refractivity contribution is 6.22. The van der Waals surface area contributed by atoms with E-state index in [2.05, 4.69) is 170 Å². The van der Waals surface area contributed by atoms with Crippen LogP contribution in [0.4, 0.5) is 0 Å². The molecule has 1 heterocycles. The molecule has 0 radical (unpaired) electrons. The van der Waals surface area contributed by atoms with Crippen LogP contribution in [0.25, 0.3) is 87.6 Å². The molecule has 9 aromatic rings. The van der Waals surface area contributed by atoms with E-state index in [0.29, 0.717) is 0 Å². The van der Waals surface area contributed by atoms with Crippen LogP contribution in [0.15, 0.2) is 170 Å². The number of fused-ring (bicyclic) bond motifs is 4. The van der Waals surface area contributed by atoms with Crippen molar-refractivity contribution in [1.82, 2.24) is 4.98 Å². The summed E-state index contributed by atoms with van der Waals surface area (Å²) in [6.07, 6.45) is 3.80. The van der Waals surface area contributed by atoms with E-state index in [-0.39, 0.29) is 0 Å². The largest absolute Gasteiger partial charge is 0.264 e. The van der Waals surface area contributed by atoms with Crippen LogP contribution < -0.4 is 0 Å². The van der Waals surface area contributed by atoms with Crippen molar-refractivity contribution in [2.24, 2.45) is 0 Å². The number of rotatable bonds is 4. The molecule has 8 aromatic carbocycles. The molecule has 1 heteroatoms. The van der Waals surface area contributed by atoms with Crippen LogP contribution in [0.5, 0.6) is 0 Å². The Hall–Kier alpha value is -6.05. The van der Waals surface area contributed by atoms with Gasteiger partial charge in [0.05, 0.1) is 0 Å². The van der Waals surface area contributed by atoms with E-state index in [1.165, 1.54) is 93.2 Å². The highest BCUT2D eigenvalue weighted by atomic mass is 14.6. The lowest BCUT2D eigenvalue weighted by Crippen LogP contribution is -1.92. The van der Waals surface area contributed by atoms with Crippen LogP contribution >= 0.6 is 0 Å². The second kappa shape index (κ2) is 11.1. The maximum absolute atomic E-state index is 4.28. The summed E-state index contributed by atoms with van der Waals surface area (Å²) in [7, 11) is 0. The van der Waals surface area contributed by atoms with Crippen molar-refractivity contribution >= 4 is 43.1 Å². The minimum atomic E-state index is 1.18. The zero-order chi connectivity index (χ0) is 31.3. The van der Waals surface area contributed by atoms with Crippen molar-refractivity contribution in [2.45, 2.75) is 6.92 Å². The van der Waals surface area contributed by atoms with Gasteiger partial charge in [-0.25, -0.2) is 0 Å². The fraction of sp³-hybridized carbons (Fsp3) is 0.0217. The Morgan fingerprint density at radius 3 is 1.47 bits per heavy atom. The van der Waals surface area contributed by atoms with Crippen LogP contribution in [0.3, 0.4) is 0 Å². The fourth-order valence-electron chi connectivity index (χ4n) is 7.31. The fourth-order valence-corrected chi connectivity index (χ4v) is 7.31. The summed E-state index contributed by atoms with van der Waals surface area (Å²) in [5, 5.41) is 10.1. The molecule has 0 saturated carbocycles. The lowest BCUT2D eigenvalue weighted by atomic mass is 9.84. The zero-order valence-electron chi connectivity index (χ0n) is 26.1. The van der Waals surface area contributed by atoms with Crippen molar-refractivity contribution < 1.29 is 0 Å². The molecule has 1 nitrogen and oxygen atoms in total. The molecule has 9 rings (SSSR count). The maximum Gasteiger partial charge on any atom is 0.0303 e. The van der Waals surface area contributed by atoms with E-state index < -0.39 is 0 Å². The molecule has 0 amide bonds. The third kappa shape index (κ3) is 4.67. The first-order valence-electron chi connectivity index (χ1n) is 16.2. The number of hydrogen-bond donors (Lipinski definition) is 0. The summed E-state index contributed by atoms with van der Waals surface area (Å²) < 4.78 is 0. The molecule has 1 aromatic heterocycles. The van der Waals surface area contributed by atoms with Crippen LogP contribution in [0.2, 0.25) is 0 Å². The standard InChI is InChI=1S/C46H31N/c1-30-29-47-25-24-40(30)34-18-14-33(15-19-34)37-22-23-43-44(28-37)46(39-21-17-32-9-3-5-11-36(32)27-39)42-13-7-6-12-41(42)45(43)38-20-16-31-8-2-4-10-35(31)26-38/h2-29H,1H3. The Kier molecular flexibility index (Phi) is 6.43. The van der Waals surface area contributed by atoms with Crippen LogP contribution in [0.1, 0.15) is 5.56 Å². The predicted molar refractivity (Wildman–Crippen MR) is 201 cm³/mol. The van der Waals surface area contributed by atoms with Gasteiger partial charge in [-0.15, -0.1) is 0 Å². The highest BCUT2D eigenvalue weighted by Gasteiger charge is 2.18. The van der Waals surface area contributed by atoms with Crippen LogP contribution in [-0.4, -0.2) is 4.98 Å². The van der Waals surface area contributed by atoms with Crippen molar-refractivity contribution in [1.29, 1.82) is 0 Å². The molecule has 0 N–H and O–H groups in total. The minimum absolute atomic E-state index is 1.18. The molecule has 0 fully saturated rings. The second-order valence-electron chi connectivity index (χ2n) is 12.4. The summed E-state index contributed by atoms with van der Waals surface area (Å²) in [6, 6.07) is 58.1. The van der Waals surface area contributed by atoms with Gasteiger partial charge in [-0.3, -0.25) is 4.98 Å². The molecular formula is C46H31N. The first kappa shape index (κ1) is 27.3. The third-order valence-electron chi connectivity index (χ3n) is 9.65. The average Bonchev–Trinajstić information content (AvgIpc) is 3.13. The number of aryl methyl sites for hydroxylation is 1. The molecular weight excluding hydrogens is 567 g/mol. The van der Waals surface area contributed by atoms with Gasteiger partial charge in [0.2, 0.25) is 0 Å². The normalized spacial score (nSPS) is 11.5. The van der Waals surface area contributed by atoms with Gasteiger partial charge in [-0.2, -0.15) is 0 Å². The van der Waals surface area contributed by atoms with E-state index >= 15 is 0 Å². The summed E-state index contributed by atoms with van der Waals surface area (Å²) in [4.78, 5) is 4.28. The SMILES string of the molecule is Cc1cnccc1-c1ccc(-c2ccc3c(-c4ccc5ccccc5c4)c4ccccc4c(-c4ccc5ccccc5c4)c3c2)cc1.